The maximum Gasteiger partial charge on any atom is 0.0815 e. The minimum absolute atomic E-state index is 0.193. The van der Waals surface area contributed by atoms with Gasteiger partial charge in [0.2, 0.25) is 0 Å². The fraction of sp³-hybridized carbons (Fsp3) is 0.182. The monoisotopic (exact) mass is 253 g/mol. The normalized spacial score (nSPS) is 12.5. The molecule has 1 atom stereocenters. The van der Waals surface area contributed by atoms with Crippen molar-refractivity contribution in [1.82, 2.24) is 0 Å². The number of nitrogens with two attached hydrogens (primary N) is 1. The summed E-state index contributed by atoms with van der Waals surface area (Å²) >= 11 is 8.60. The summed E-state index contributed by atoms with van der Waals surface area (Å²) in [4.78, 5) is 3.18. The molecule has 1 unspecified atom stereocenters. The van der Waals surface area contributed by atoms with E-state index in [4.69, 9.17) is 18.0 Å². The highest BCUT2D eigenvalue weighted by atomic mass is 32.1. The van der Waals surface area contributed by atoms with Gasteiger partial charge >= 0.3 is 0 Å². The molecule has 0 saturated carbocycles. The molecule has 0 radical (unpaired) electrons. The van der Waals surface area contributed by atoms with E-state index >= 15 is 0 Å². The first-order valence-corrected chi connectivity index (χ1v) is 6.79. The first kappa shape index (κ1) is 10.8. The van der Waals surface area contributed by atoms with Gasteiger partial charge in [0, 0.05) is 15.7 Å². The summed E-state index contributed by atoms with van der Waals surface area (Å²) < 4.78 is 0. The lowest BCUT2D eigenvalue weighted by Crippen LogP contribution is -2.20. The van der Waals surface area contributed by atoms with Crippen LogP contribution < -0.4 is 5.73 Å². The summed E-state index contributed by atoms with van der Waals surface area (Å²) in [6, 6.07) is 8.33. The van der Waals surface area contributed by atoms with Crippen LogP contribution >= 0.6 is 34.9 Å². The van der Waals surface area contributed by atoms with Gasteiger partial charge in [0.15, 0.2) is 0 Å². The van der Waals surface area contributed by atoms with Crippen molar-refractivity contribution in [2.24, 2.45) is 5.73 Å². The van der Waals surface area contributed by atoms with Crippen molar-refractivity contribution < 1.29 is 0 Å². The van der Waals surface area contributed by atoms with Crippen molar-refractivity contribution in [3.8, 4) is 0 Å². The molecule has 78 valence electrons. The predicted octanol–water partition coefficient (Wildman–Crippen LogP) is 3.42. The average molecular weight is 253 g/mol. The fourth-order valence-electron chi connectivity index (χ4n) is 1.46. The van der Waals surface area contributed by atoms with Crippen molar-refractivity contribution >= 4 is 39.9 Å². The van der Waals surface area contributed by atoms with Crippen molar-refractivity contribution in [1.29, 1.82) is 0 Å². The standard InChI is InChI=1S/C11H11NS3/c12-11(13)9(10-4-2-6-15-10)7-8-3-1-5-14-8/h1-6,9H,7H2,(H2,12,13). The quantitative estimate of drug-likeness (QED) is 0.845. The first-order valence-electron chi connectivity index (χ1n) is 4.62. The summed E-state index contributed by atoms with van der Waals surface area (Å²) in [7, 11) is 0. The predicted molar refractivity (Wildman–Crippen MR) is 71.9 cm³/mol. The Labute approximate surface area is 103 Å². The van der Waals surface area contributed by atoms with Crippen molar-refractivity contribution in [2.45, 2.75) is 12.3 Å². The zero-order chi connectivity index (χ0) is 10.7. The number of hydrogen-bond donors (Lipinski definition) is 1. The Hall–Kier alpha value is -0.710. The molecule has 2 heterocycles. The Morgan fingerprint density at radius 3 is 2.53 bits per heavy atom. The summed E-state index contributed by atoms with van der Waals surface area (Å²) in [6.45, 7) is 0. The van der Waals surface area contributed by atoms with Gasteiger partial charge in [0.1, 0.15) is 0 Å². The van der Waals surface area contributed by atoms with Gasteiger partial charge in [-0.15, -0.1) is 22.7 Å². The van der Waals surface area contributed by atoms with E-state index < -0.39 is 0 Å². The lowest BCUT2D eigenvalue weighted by atomic mass is 10.0. The Morgan fingerprint density at radius 2 is 2.00 bits per heavy atom. The van der Waals surface area contributed by atoms with Crippen LogP contribution in [-0.4, -0.2) is 4.99 Å². The van der Waals surface area contributed by atoms with Gasteiger partial charge in [-0.1, -0.05) is 24.4 Å². The van der Waals surface area contributed by atoms with Gasteiger partial charge < -0.3 is 5.73 Å². The van der Waals surface area contributed by atoms with E-state index in [2.05, 4.69) is 29.0 Å². The molecule has 0 saturated heterocycles. The van der Waals surface area contributed by atoms with E-state index in [-0.39, 0.29) is 5.92 Å². The van der Waals surface area contributed by atoms with Crippen LogP contribution in [0.1, 0.15) is 15.7 Å². The van der Waals surface area contributed by atoms with E-state index in [0.29, 0.717) is 4.99 Å². The number of thiocarbonyl (C=S) groups is 1. The minimum Gasteiger partial charge on any atom is -0.393 e. The van der Waals surface area contributed by atoms with Gasteiger partial charge in [-0.3, -0.25) is 0 Å². The van der Waals surface area contributed by atoms with Crippen LogP contribution in [0.4, 0.5) is 0 Å². The van der Waals surface area contributed by atoms with E-state index in [0.717, 1.165) is 6.42 Å². The van der Waals surface area contributed by atoms with Crippen LogP contribution in [-0.2, 0) is 6.42 Å². The molecule has 4 heteroatoms. The molecule has 15 heavy (non-hydrogen) atoms. The summed E-state index contributed by atoms with van der Waals surface area (Å²) in [5, 5.41) is 4.15. The molecule has 0 bridgehead atoms. The molecule has 2 N–H and O–H groups in total. The Morgan fingerprint density at radius 1 is 1.27 bits per heavy atom. The van der Waals surface area contributed by atoms with E-state index in [1.807, 2.05) is 6.07 Å². The molecule has 0 aromatic carbocycles. The second-order valence-corrected chi connectivity index (χ2v) is 5.74. The van der Waals surface area contributed by atoms with Gasteiger partial charge in [-0.25, -0.2) is 0 Å². The second-order valence-electron chi connectivity index (χ2n) is 3.25. The third kappa shape index (κ3) is 2.65. The van der Waals surface area contributed by atoms with Gasteiger partial charge in [0.25, 0.3) is 0 Å². The van der Waals surface area contributed by atoms with Crippen LogP contribution in [0, 0.1) is 0 Å². The SMILES string of the molecule is NC(=S)C(Cc1cccs1)c1cccs1. The van der Waals surface area contributed by atoms with Crippen molar-refractivity contribution in [3.63, 3.8) is 0 Å². The summed E-state index contributed by atoms with van der Waals surface area (Å²) in [5.41, 5.74) is 5.79. The zero-order valence-corrected chi connectivity index (χ0v) is 10.5. The van der Waals surface area contributed by atoms with E-state index in [1.165, 1.54) is 9.75 Å². The molecule has 1 nitrogen and oxygen atoms in total. The second kappa shape index (κ2) is 4.88. The van der Waals surface area contributed by atoms with E-state index in [1.54, 1.807) is 22.7 Å². The van der Waals surface area contributed by atoms with Crippen LogP contribution in [0.2, 0.25) is 0 Å². The van der Waals surface area contributed by atoms with Crippen LogP contribution in [0.3, 0.4) is 0 Å². The lowest BCUT2D eigenvalue weighted by Gasteiger charge is -2.12. The molecular formula is C11H11NS3. The smallest absolute Gasteiger partial charge is 0.0815 e. The van der Waals surface area contributed by atoms with Crippen LogP contribution in [0.25, 0.3) is 0 Å². The third-order valence-electron chi connectivity index (χ3n) is 2.22. The van der Waals surface area contributed by atoms with Crippen molar-refractivity contribution in [2.75, 3.05) is 0 Å². The minimum atomic E-state index is 0.193. The highest BCUT2D eigenvalue weighted by Gasteiger charge is 2.16. The third-order valence-corrected chi connectivity index (χ3v) is 4.38. The molecule has 2 aromatic heterocycles. The summed E-state index contributed by atoms with van der Waals surface area (Å²) in [6.07, 6.45) is 0.924. The van der Waals surface area contributed by atoms with Gasteiger partial charge in [-0.2, -0.15) is 0 Å². The molecule has 0 amide bonds. The van der Waals surface area contributed by atoms with E-state index in [9.17, 15) is 0 Å². The zero-order valence-electron chi connectivity index (χ0n) is 8.05. The maximum absolute atomic E-state index is 5.79. The molecule has 2 aromatic rings. The molecular weight excluding hydrogens is 242 g/mol. The first-order chi connectivity index (χ1) is 7.27. The molecule has 2 rings (SSSR count). The fourth-order valence-corrected chi connectivity index (χ4v) is 3.34. The topological polar surface area (TPSA) is 26.0 Å². The highest BCUT2D eigenvalue weighted by molar-refractivity contribution is 7.80. The average Bonchev–Trinajstić information content (AvgIpc) is 2.87. The number of thiophene rings is 2. The number of hydrogen-bond acceptors (Lipinski definition) is 3. The Bertz CT molecular complexity index is 417. The molecule has 0 spiro atoms. The maximum atomic E-state index is 5.79. The molecule has 0 aliphatic rings. The Kier molecular flexibility index (Phi) is 3.51. The number of rotatable bonds is 4. The van der Waals surface area contributed by atoms with Gasteiger partial charge in [0.05, 0.1) is 4.99 Å². The van der Waals surface area contributed by atoms with Gasteiger partial charge in [-0.05, 0) is 29.3 Å². The molecule has 0 aliphatic carbocycles. The lowest BCUT2D eigenvalue weighted by molar-refractivity contribution is 0.917. The molecule has 0 fully saturated rings. The summed E-state index contributed by atoms with van der Waals surface area (Å²) in [5.74, 6) is 0.193. The van der Waals surface area contributed by atoms with Crippen molar-refractivity contribution in [3.05, 3.63) is 44.8 Å². The largest absolute Gasteiger partial charge is 0.393 e. The van der Waals surface area contributed by atoms with Crippen LogP contribution in [0.5, 0.6) is 0 Å². The highest BCUT2D eigenvalue weighted by Crippen LogP contribution is 2.27. The molecule has 0 aliphatic heterocycles. The Balaban J connectivity index is 2.18. The van der Waals surface area contributed by atoms with Crippen LogP contribution in [0.15, 0.2) is 35.0 Å².